The number of piperidine rings is 1. The van der Waals surface area contributed by atoms with Crippen molar-refractivity contribution in [1.82, 2.24) is 10.2 Å². The van der Waals surface area contributed by atoms with Crippen LogP contribution in [0.25, 0.3) is 0 Å². The second-order valence-electron chi connectivity index (χ2n) is 5.59. The van der Waals surface area contributed by atoms with Crippen molar-refractivity contribution < 1.29 is 9.90 Å². The molecule has 3 unspecified atom stereocenters. The fourth-order valence-corrected chi connectivity index (χ4v) is 3.46. The van der Waals surface area contributed by atoms with Crippen molar-refractivity contribution in [3.8, 4) is 0 Å². The van der Waals surface area contributed by atoms with Crippen LogP contribution in [0.15, 0.2) is 0 Å². The molecule has 2 rings (SSSR count). The summed E-state index contributed by atoms with van der Waals surface area (Å²) >= 11 is 0. The Bertz CT molecular complexity index is 283. The SMILES string of the molecule is CCN(CCO)C(=O)C1CCC2CCCCC2N1. The molecular formula is C14H26N2O2. The van der Waals surface area contributed by atoms with Crippen molar-refractivity contribution in [3.63, 3.8) is 0 Å². The highest BCUT2D eigenvalue weighted by Crippen LogP contribution is 2.32. The van der Waals surface area contributed by atoms with Crippen LogP contribution < -0.4 is 5.32 Å². The van der Waals surface area contributed by atoms with Gasteiger partial charge in [-0.1, -0.05) is 12.8 Å². The molecule has 4 nitrogen and oxygen atoms in total. The van der Waals surface area contributed by atoms with E-state index in [1.807, 2.05) is 6.92 Å². The molecule has 0 aromatic carbocycles. The number of rotatable bonds is 4. The number of hydrogen-bond acceptors (Lipinski definition) is 3. The number of amides is 1. The Morgan fingerprint density at radius 1 is 1.28 bits per heavy atom. The van der Waals surface area contributed by atoms with Gasteiger partial charge in [0.25, 0.3) is 0 Å². The maximum Gasteiger partial charge on any atom is 0.239 e. The number of nitrogens with zero attached hydrogens (tertiary/aromatic N) is 1. The van der Waals surface area contributed by atoms with Crippen LogP contribution in [0, 0.1) is 5.92 Å². The van der Waals surface area contributed by atoms with E-state index in [1.165, 1.54) is 32.1 Å². The van der Waals surface area contributed by atoms with Crippen LogP contribution in [0.5, 0.6) is 0 Å². The smallest absolute Gasteiger partial charge is 0.239 e. The van der Waals surface area contributed by atoms with Crippen molar-refractivity contribution in [1.29, 1.82) is 0 Å². The summed E-state index contributed by atoms with van der Waals surface area (Å²) in [5, 5.41) is 12.5. The molecule has 18 heavy (non-hydrogen) atoms. The van der Waals surface area contributed by atoms with Gasteiger partial charge in [-0.2, -0.15) is 0 Å². The Labute approximate surface area is 110 Å². The van der Waals surface area contributed by atoms with Gasteiger partial charge >= 0.3 is 0 Å². The second-order valence-corrected chi connectivity index (χ2v) is 5.59. The maximum atomic E-state index is 12.3. The highest BCUT2D eigenvalue weighted by Gasteiger charge is 2.35. The van der Waals surface area contributed by atoms with Crippen LogP contribution in [0.2, 0.25) is 0 Å². The minimum atomic E-state index is -0.0177. The monoisotopic (exact) mass is 254 g/mol. The number of hydrogen-bond donors (Lipinski definition) is 2. The lowest BCUT2D eigenvalue weighted by Crippen LogP contribution is -2.56. The van der Waals surface area contributed by atoms with Crippen LogP contribution in [0.1, 0.15) is 45.4 Å². The number of likely N-dealkylation sites (N-methyl/N-ethyl adjacent to an activating group) is 1. The van der Waals surface area contributed by atoms with E-state index < -0.39 is 0 Å². The lowest BCUT2D eigenvalue weighted by atomic mass is 9.77. The Kier molecular flexibility index (Phi) is 5.01. The largest absolute Gasteiger partial charge is 0.395 e. The molecule has 2 aliphatic rings. The van der Waals surface area contributed by atoms with Gasteiger partial charge < -0.3 is 15.3 Å². The minimum Gasteiger partial charge on any atom is -0.395 e. The molecule has 4 heteroatoms. The van der Waals surface area contributed by atoms with E-state index in [9.17, 15) is 4.79 Å². The molecule has 1 aliphatic heterocycles. The summed E-state index contributed by atoms with van der Waals surface area (Å²) < 4.78 is 0. The van der Waals surface area contributed by atoms with Crippen LogP contribution in [-0.4, -0.2) is 47.7 Å². The first-order valence-corrected chi connectivity index (χ1v) is 7.42. The maximum absolute atomic E-state index is 12.3. The summed E-state index contributed by atoms with van der Waals surface area (Å²) in [4.78, 5) is 14.1. The molecule has 2 fully saturated rings. The first-order valence-electron chi connectivity index (χ1n) is 7.42. The van der Waals surface area contributed by atoms with E-state index in [4.69, 9.17) is 5.11 Å². The zero-order valence-electron chi connectivity index (χ0n) is 11.4. The zero-order valence-corrected chi connectivity index (χ0v) is 11.4. The fraction of sp³-hybridized carbons (Fsp3) is 0.929. The standard InChI is InChI=1S/C14H26N2O2/c1-2-16(9-10-17)14(18)13-8-7-11-5-3-4-6-12(11)15-13/h11-13,15,17H,2-10H2,1H3. The molecule has 3 atom stereocenters. The normalized spacial score (nSPS) is 31.8. The molecule has 1 amide bonds. The Morgan fingerprint density at radius 3 is 2.78 bits per heavy atom. The van der Waals surface area contributed by atoms with E-state index in [0.717, 1.165) is 12.3 Å². The van der Waals surface area contributed by atoms with Crippen LogP contribution >= 0.6 is 0 Å². The van der Waals surface area contributed by atoms with Crippen molar-refractivity contribution >= 4 is 5.91 Å². The van der Waals surface area contributed by atoms with Crippen molar-refractivity contribution in [2.24, 2.45) is 5.92 Å². The lowest BCUT2D eigenvalue weighted by molar-refractivity contribution is -0.135. The molecule has 0 spiro atoms. The van der Waals surface area contributed by atoms with Crippen LogP contribution in [-0.2, 0) is 4.79 Å². The molecule has 1 saturated heterocycles. The summed E-state index contributed by atoms with van der Waals surface area (Å²) in [5.41, 5.74) is 0. The van der Waals surface area contributed by atoms with Crippen molar-refractivity contribution in [2.75, 3.05) is 19.7 Å². The van der Waals surface area contributed by atoms with Gasteiger partial charge in [-0.3, -0.25) is 4.79 Å². The van der Waals surface area contributed by atoms with Crippen molar-refractivity contribution in [3.05, 3.63) is 0 Å². The molecule has 0 aromatic heterocycles. The van der Waals surface area contributed by atoms with E-state index >= 15 is 0 Å². The quantitative estimate of drug-likeness (QED) is 0.791. The Morgan fingerprint density at radius 2 is 2.06 bits per heavy atom. The summed E-state index contributed by atoms with van der Waals surface area (Å²) in [5.74, 6) is 0.964. The average Bonchev–Trinajstić information content (AvgIpc) is 2.43. The number of nitrogens with one attached hydrogen (secondary N) is 1. The summed E-state index contributed by atoms with van der Waals surface area (Å²) in [6, 6.07) is 0.533. The third kappa shape index (κ3) is 3.04. The summed E-state index contributed by atoms with van der Waals surface area (Å²) in [6.07, 6.45) is 7.34. The third-order valence-electron chi connectivity index (χ3n) is 4.51. The zero-order chi connectivity index (χ0) is 13.0. The summed E-state index contributed by atoms with van der Waals surface area (Å²) in [7, 11) is 0. The van der Waals surface area contributed by atoms with Gasteiger partial charge in [0.05, 0.1) is 12.6 Å². The molecular weight excluding hydrogens is 228 g/mol. The molecule has 1 heterocycles. The van der Waals surface area contributed by atoms with Crippen LogP contribution in [0.3, 0.4) is 0 Å². The molecule has 0 radical (unpaired) electrons. The number of carbonyl (C=O) groups excluding carboxylic acids is 1. The molecule has 0 aromatic rings. The van der Waals surface area contributed by atoms with E-state index in [2.05, 4.69) is 5.32 Å². The first kappa shape index (κ1) is 13.8. The van der Waals surface area contributed by atoms with Gasteiger partial charge in [-0.25, -0.2) is 0 Å². The van der Waals surface area contributed by atoms with Crippen LogP contribution in [0.4, 0.5) is 0 Å². The van der Waals surface area contributed by atoms with Gasteiger partial charge in [0, 0.05) is 19.1 Å². The number of aliphatic hydroxyl groups excluding tert-OH is 1. The highest BCUT2D eigenvalue weighted by atomic mass is 16.3. The van der Waals surface area contributed by atoms with E-state index in [-0.39, 0.29) is 18.6 Å². The molecule has 104 valence electrons. The lowest BCUT2D eigenvalue weighted by Gasteiger charge is -2.41. The molecule has 2 N–H and O–H groups in total. The van der Waals surface area contributed by atoms with Gasteiger partial charge in [0.2, 0.25) is 5.91 Å². The van der Waals surface area contributed by atoms with E-state index in [0.29, 0.717) is 19.1 Å². The number of carbonyl (C=O) groups is 1. The first-order chi connectivity index (χ1) is 8.76. The second kappa shape index (κ2) is 6.53. The average molecular weight is 254 g/mol. The highest BCUT2D eigenvalue weighted by molar-refractivity contribution is 5.82. The Hall–Kier alpha value is -0.610. The third-order valence-corrected chi connectivity index (χ3v) is 4.51. The molecule has 1 aliphatic carbocycles. The topological polar surface area (TPSA) is 52.6 Å². The molecule has 1 saturated carbocycles. The minimum absolute atomic E-state index is 0.0177. The van der Waals surface area contributed by atoms with Gasteiger partial charge in [0.15, 0.2) is 0 Å². The van der Waals surface area contributed by atoms with Gasteiger partial charge in [-0.05, 0) is 38.5 Å². The van der Waals surface area contributed by atoms with Gasteiger partial charge in [-0.15, -0.1) is 0 Å². The number of aliphatic hydroxyl groups is 1. The molecule has 0 bridgehead atoms. The summed E-state index contributed by atoms with van der Waals surface area (Å²) in [6.45, 7) is 3.17. The fourth-order valence-electron chi connectivity index (χ4n) is 3.46. The van der Waals surface area contributed by atoms with Crippen molar-refractivity contribution in [2.45, 2.75) is 57.5 Å². The Balaban J connectivity index is 1.91. The van der Waals surface area contributed by atoms with Gasteiger partial charge in [0.1, 0.15) is 0 Å². The predicted octanol–water partition coefficient (Wildman–Crippen LogP) is 1.14. The predicted molar refractivity (Wildman–Crippen MR) is 71.2 cm³/mol. The number of fused-ring (bicyclic) bond motifs is 1. The van der Waals surface area contributed by atoms with E-state index in [1.54, 1.807) is 4.90 Å².